The molecule has 2 amide bonds. The second-order valence-electron chi connectivity index (χ2n) is 4.09. The van der Waals surface area contributed by atoms with Gasteiger partial charge in [-0.3, -0.25) is 24.5 Å². The van der Waals surface area contributed by atoms with Crippen molar-refractivity contribution in [1.29, 1.82) is 0 Å². The minimum absolute atomic E-state index is 0.142. The number of amides is 2. The second kappa shape index (κ2) is 6.40. The first kappa shape index (κ1) is 15.0. The first-order chi connectivity index (χ1) is 10.0. The Balaban J connectivity index is 2.04. The van der Waals surface area contributed by atoms with Crippen molar-refractivity contribution in [2.75, 3.05) is 7.11 Å². The molecule has 0 radical (unpaired) electrons. The van der Waals surface area contributed by atoms with Gasteiger partial charge in [0.2, 0.25) is 5.91 Å². The SMILES string of the molecule is COc1cc(C=O)ccc1OC(=O)C[C@@H]1SC(=O)NC1=O. The summed E-state index contributed by atoms with van der Waals surface area (Å²) >= 11 is 0.751. The van der Waals surface area contributed by atoms with Gasteiger partial charge < -0.3 is 9.47 Å². The number of carbonyl (C=O) groups is 4. The van der Waals surface area contributed by atoms with Crippen LogP contribution in [0.5, 0.6) is 11.5 Å². The Kier molecular flexibility index (Phi) is 4.59. The monoisotopic (exact) mass is 309 g/mol. The molecule has 7 nitrogen and oxygen atoms in total. The largest absolute Gasteiger partial charge is 0.493 e. The fraction of sp³-hybridized carbons (Fsp3) is 0.231. The zero-order chi connectivity index (χ0) is 15.4. The van der Waals surface area contributed by atoms with Gasteiger partial charge in [-0.1, -0.05) is 11.8 Å². The number of methoxy groups -OCH3 is 1. The number of aldehydes is 1. The second-order valence-corrected chi connectivity index (χ2v) is 5.27. The molecular weight excluding hydrogens is 298 g/mol. The van der Waals surface area contributed by atoms with Gasteiger partial charge in [-0.05, 0) is 18.2 Å². The molecule has 0 saturated carbocycles. The van der Waals surface area contributed by atoms with Crippen LogP contribution in [0.15, 0.2) is 18.2 Å². The lowest BCUT2D eigenvalue weighted by Crippen LogP contribution is -2.27. The van der Waals surface area contributed by atoms with E-state index in [0.717, 1.165) is 11.8 Å². The summed E-state index contributed by atoms with van der Waals surface area (Å²) in [6, 6.07) is 4.32. The standard InChI is InChI=1S/C13H11NO6S/c1-19-9-4-7(6-15)2-3-8(9)20-11(16)5-10-12(17)14-13(18)21-10/h2-4,6,10H,5H2,1H3,(H,14,17,18)/t10-/m0/s1. The molecule has 1 aromatic carbocycles. The molecule has 1 N–H and O–H groups in total. The molecule has 0 aliphatic carbocycles. The molecule has 1 atom stereocenters. The van der Waals surface area contributed by atoms with Crippen molar-refractivity contribution in [3.63, 3.8) is 0 Å². The van der Waals surface area contributed by atoms with E-state index in [0.29, 0.717) is 11.8 Å². The van der Waals surface area contributed by atoms with Crippen LogP contribution < -0.4 is 14.8 Å². The molecule has 1 heterocycles. The lowest BCUT2D eigenvalue weighted by molar-refractivity contribution is -0.136. The van der Waals surface area contributed by atoms with Crippen LogP contribution in [-0.2, 0) is 9.59 Å². The smallest absolute Gasteiger partial charge is 0.312 e. The molecule has 21 heavy (non-hydrogen) atoms. The molecular formula is C13H11NO6S. The number of esters is 1. The highest BCUT2D eigenvalue weighted by Crippen LogP contribution is 2.29. The third-order valence-electron chi connectivity index (χ3n) is 2.67. The van der Waals surface area contributed by atoms with Crippen LogP contribution in [0.2, 0.25) is 0 Å². The van der Waals surface area contributed by atoms with Crippen molar-refractivity contribution in [1.82, 2.24) is 5.32 Å². The lowest BCUT2D eigenvalue weighted by atomic mass is 10.2. The first-order valence-corrected chi connectivity index (χ1v) is 6.77. The van der Waals surface area contributed by atoms with Gasteiger partial charge >= 0.3 is 5.97 Å². The maximum Gasteiger partial charge on any atom is 0.312 e. The van der Waals surface area contributed by atoms with E-state index in [-0.39, 0.29) is 17.9 Å². The van der Waals surface area contributed by atoms with Gasteiger partial charge in [-0.2, -0.15) is 0 Å². The summed E-state index contributed by atoms with van der Waals surface area (Å²) in [6.07, 6.45) is 0.403. The van der Waals surface area contributed by atoms with Crippen LogP contribution in [0.25, 0.3) is 0 Å². The minimum atomic E-state index is -0.787. The third-order valence-corrected chi connectivity index (χ3v) is 3.65. The number of hydrogen-bond acceptors (Lipinski definition) is 7. The number of hydrogen-bond donors (Lipinski definition) is 1. The summed E-state index contributed by atoms with van der Waals surface area (Å²) in [5.74, 6) is -0.810. The average Bonchev–Trinajstić information content (AvgIpc) is 2.77. The Bertz CT molecular complexity index is 615. The highest BCUT2D eigenvalue weighted by molar-refractivity contribution is 8.15. The third kappa shape index (κ3) is 3.60. The van der Waals surface area contributed by atoms with Gasteiger partial charge in [-0.25, -0.2) is 0 Å². The number of ether oxygens (including phenoxy) is 2. The average molecular weight is 309 g/mol. The van der Waals surface area contributed by atoms with Gasteiger partial charge in [0.1, 0.15) is 11.5 Å². The molecule has 1 saturated heterocycles. The highest BCUT2D eigenvalue weighted by atomic mass is 32.2. The maximum atomic E-state index is 11.8. The first-order valence-electron chi connectivity index (χ1n) is 5.89. The zero-order valence-electron chi connectivity index (χ0n) is 11.0. The Morgan fingerprint density at radius 3 is 2.71 bits per heavy atom. The van der Waals surface area contributed by atoms with Crippen molar-refractivity contribution < 1.29 is 28.7 Å². The Labute approximate surface area is 124 Å². The summed E-state index contributed by atoms with van der Waals surface area (Å²) in [5, 5.41) is 0.820. The summed E-state index contributed by atoms with van der Waals surface area (Å²) in [6.45, 7) is 0. The van der Waals surface area contributed by atoms with Crippen molar-refractivity contribution in [3.05, 3.63) is 23.8 Å². The molecule has 2 rings (SSSR count). The number of imide groups is 1. The maximum absolute atomic E-state index is 11.8. The summed E-state index contributed by atoms with van der Waals surface area (Å²) < 4.78 is 10.1. The normalized spacial score (nSPS) is 17.3. The molecule has 1 aliphatic rings. The lowest BCUT2D eigenvalue weighted by Gasteiger charge is -2.10. The van der Waals surface area contributed by atoms with E-state index in [9.17, 15) is 19.2 Å². The molecule has 1 aromatic rings. The van der Waals surface area contributed by atoms with Crippen LogP contribution in [0.3, 0.4) is 0 Å². The number of benzene rings is 1. The number of thioether (sulfide) groups is 1. The van der Waals surface area contributed by atoms with E-state index >= 15 is 0 Å². The molecule has 0 unspecified atom stereocenters. The predicted molar refractivity (Wildman–Crippen MR) is 73.6 cm³/mol. The molecule has 0 bridgehead atoms. The highest BCUT2D eigenvalue weighted by Gasteiger charge is 2.34. The molecule has 0 aromatic heterocycles. The number of carbonyl (C=O) groups excluding carboxylic acids is 4. The van der Waals surface area contributed by atoms with E-state index in [1.165, 1.54) is 25.3 Å². The number of rotatable bonds is 5. The molecule has 0 spiro atoms. The summed E-state index contributed by atoms with van der Waals surface area (Å²) in [5.41, 5.74) is 0.378. The van der Waals surface area contributed by atoms with Gasteiger partial charge in [-0.15, -0.1) is 0 Å². The summed E-state index contributed by atoms with van der Waals surface area (Å²) in [4.78, 5) is 44.8. The molecule has 8 heteroatoms. The fourth-order valence-corrected chi connectivity index (χ4v) is 2.49. The van der Waals surface area contributed by atoms with Crippen molar-refractivity contribution in [2.45, 2.75) is 11.7 Å². The van der Waals surface area contributed by atoms with Crippen LogP contribution in [-0.4, -0.2) is 35.8 Å². The van der Waals surface area contributed by atoms with Gasteiger partial charge in [0.05, 0.1) is 13.5 Å². The Hall–Kier alpha value is -2.35. The van der Waals surface area contributed by atoms with Gasteiger partial charge in [0.25, 0.3) is 5.24 Å². The van der Waals surface area contributed by atoms with E-state index in [2.05, 4.69) is 5.32 Å². The predicted octanol–water partition coefficient (Wildman–Crippen LogP) is 1.15. The van der Waals surface area contributed by atoms with Gasteiger partial charge in [0, 0.05) is 5.56 Å². The van der Waals surface area contributed by atoms with Crippen LogP contribution in [0, 0.1) is 0 Å². The Morgan fingerprint density at radius 1 is 1.38 bits per heavy atom. The van der Waals surface area contributed by atoms with Gasteiger partial charge in [0.15, 0.2) is 11.5 Å². The topological polar surface area (TPSA) is 98.8 Å². The van der Waals surface area contributed by atoms with E-state index < -0.39 is 22.4 Å². The van der Waals surface area contributed by atoms with Crippen LogP contribution in [0.4, 0.5) is 4.79 Å². The van der Waals surface area contributed by atoms with Crippen molar-refractivity contribution in [2.24, 2.45) is 0 Å². The Morgan fingerprint density at radius 2 is 2.14 bits per heavy atom. The summed E-state index contributed by atoms with van der Waals surface area (Å²) in [7, 11) is 1.38. The number of nitrogens with one attached hydrogen (secondary N) is 1. The van der Waals surface area contributed by atoms with Crippen molar-refractivity contribution >= 4 is 35.2 Å². The van der Waals surface area contributed by atoms with E-state index in [4.69, 9.17) is 9.47 Å². The van der Waals surface area contributed by atoms with E-state index in [1.807, 2.05) is 0 Å². The molecule has 1 fully saturated rings. The van der Waals surface area contributed by atoms with E-state index in [1.54, 1.807) is 0 Å². The van der Waals surface area contributed by atoms with Crippen molar-refractivity contribution in [3.8, 4) is 11.5 Å². The minimum Gasteiger partial charge on any atom is -0.493 e. The van der Waals surface area contributed by atoms with Crippen LogP contribution >= 0.6 is 11.8 Å². The molecule has 110 valence electrons. The quantitative estimate of drug-likeness (QED) is 0.495. The fourth-order valence-electron chi connectivity index (χ4n) is 1.69. The molecule has 1 aliphatic heterocycles. The zero-order valence-corrected chi connectivity index (χ0v) is 11.8. The van der Waals surface area contributed by atoms with Crippen LogP contribution in [0.1, 0.15) is 16.8 Å².